The van der Waals surface area contributed by atoms with Crippen molar-refractivity contribution < 1.29 is 0 Å². The molecule has 1 aromatic rings. The molecule has 3 heteroatoms. The highest BCUT2D eigenvalue weighted by Crippen LogP contribution is 2.29. The van der Waals surface area contributed by atoms with Gasteiger partial charge in [-0.15, -0.1) is 0 Å². The number of rotatable bonds is 5. The Morgan fingerprint density at radius 1 is 1.19 bits per heavy atom. The molecule has 0 bridgehead atoms. The van der Waals surface area contributed by atoms with E-state index in [1.165, 1.54) is 55.8 Å². The van der Waals surface area contributed by atoms with Crippen LogP contribution in [0.5, 0.6) is 0 Å². The van der Waals surface area contributed by atoms with Gasteiger partial charge in [0.2, 0.25) is 0 Å². The maximum absolute atomic E-state index is 6.09. The first-order valence-electron chi connectivity index (χ1n) is 8.51. The molecule has 1 saturated heterocycles. The fourth-order valence-electron chi connectivity index (χ4n) is 3.32. The predicted molar refractivity (Wildman–Crippen MR) is 90.0 cm³/mol. The normalized spacial score (nSPS) is 21.6. The molecular weight excluding hydrogens is 258 g/mol. The van der Waals surface area contributed by atoms with Crippen LogP contribution in [0.2, 0.25) is 0 Å². The van der Waals surface area contributed by atoms with Crippen molar-refractivity contribution in [2.75, 3.05) is 31.1 Å². The van der Waals surface area contributed by atoms with Crippen LogP contribution in [-0.2, 0) is 6.42 Å². The van der Waals surface area contributed by atoms with Crippen molar-refractivity contribution in [3.8, 4) is 0 Å². The first-order chi connectivity index (χ1) is 10.2. The van der Waals surface area contributed by atoms with Crippen LogP contribution in [0.25, 0.3) is 0 Å². The molecular formula is C18H29N3. The monoisotopic (exact) mass is 287 g/mol. The van der Waals surface area contributed by atoms with E-state index in [9.17, 15) is 0 Å². The largest absolute Gasteiger partial charge is 0.369 e. The lowest BCUT2D eigenvalue weighted by atomic mass is 9.99. The third kappa shape index (κ3) is 3.58. The average molecular weight is 287 g/mol. The minimum absolute atomic E-state index is 0.289. The molecule has 1 saturated carbocycles. The number of nitrogens with two attached hydrogens (primary N) is 1. The number of hydrogen-bond acceptors (Lipinski definition) is 3. The van der Waals surface area contributed by atoms with Crippen LogP contribution in [-0.4, -0.2) is 43.2 Å². The Hall–Kier alpha value is -1.06. The van der Waals surface area contributed by atoms with Gasteiger partial charge in [0.25, 0.3) is 0 Å². The first-order valence-corrected chi connectivity index (χ1v) is 8.51. The van der Waals surface area contributed by atoms with Gasteiger partial charge in [0.05, 0.1) is 0 Å². The van der Waals surface area contributed by atoms with Gasteiger partial charge in [-0.25, -0.2) is 0 Å². The highest BCUT2D eigenvalue weighted by molar-refractivity contribution is 5.51. The van der Waals surface area contributed by atoms with Gasteiger partial charge >= 0.3 is 0 Å². The van der Waals surface area contributed by atoms with E-state index in [2.05, 4.69) is 41.8 Å². The summed E-state index contributed by atoms with van der Waals surface area (Å²) in [5, 5.41) is 0. The van der Waals surface area contributed by atoms with E-state index in [1.807, 2.05) is 0 Å². The minimum atomic E-state index is 0.289. The van der Waals surface area contributed by atoms with E-state index in [0.29, 0.717) is 0 Å². The second-order valence-corrected chi connectivity index (χ2v) is 6.74. The molecule has 0 amide bonds. The lowest BCUT2D eigenvalue weighted by Crippen LogP contribution is -2.47. The fourth-order valence-corrected chi connectivity index (χ4v) is 3.32. The summed E-state index contributed by atoms with van der Waals surface area (Å²) in [6.07, 6.45) is 4.89. The molecule has 0 radical (unpaired) electrons. The van der Waals surface area contributed by atoms with E-state index >= 15 is 0 Å². The van der Waals surface area contributed by atoms with Gasteiger partial charge < -0.3 is 10.6 Å². The van der Waals surface area contributed by atoms with E-state index in [1.54, 1.807) is 0 Å². The molecule has 21 heavy (non-hydrogen) atoms. The van der Waals surface area contributed by atoms with Crippen molar-refractivity contribution >= 4 is 5.69 Å². The summed E-state index contributed by atoms with van der Waals surface area (Å²) < 4.78 is 0. The first kappa shape index (κ1) is 14.9. The van der Waals surface area contributed by atoms with Crippen molar-refractivity contribution in [2.24, 2.45) is 5.73 Å². The second kappa shape index (κ2) is 6.37. The molecule has 3 nitrogen and oxygen atoms in total. The molecule has 0 aromatic heterocycles. The van der Waals surface area contributed by atoms with Crippen molar-refractivity contribution in [3.05, 3.63) is 29.3 Å². The number of piperazine rings is 1. The molecule has 1 unspecified atom stereocenters. The Bertz CT molecular complexity index is 473. The number of benzene rings is 1. The standard InChI is InChI=1S/C18H29N3/c1-3-16(19)13-15-4-5-18(12-14(15)2)21-10-8-20(9-11-21)17-6-7-17/h4-5,12,16-17H,3,6-11,13,19H2,1-2H3. The number of hydrogen-bond donors (Lipinski definition) is 1. The van der Waals surface area contributed by atoms with E-state index < -0.39 is 0 Å². The molecule has 1 heterocycles. The Kier molecular flexibility index (Phi) is 4.51. The van der Waals surface area contributed by atoms with Gasteiger partial charge in [0, 0.05) is 44.0 Å². The SMILES string of the molecule is CCC(N)Cc1ccc(N2CCN(C3CC3)CC2)cc1C. The summed E-state index contributed by atoms with van der Waals surface area (Å²) in [4.78, 5) is 5.20. The fraction of sp³-hybridized carbons (Fsp3) is 0.667. The molecule has 0 spiro atoms. The average Bonchev–Trinajstić information content (AvgIpc) is 3.34. The van der Waals surface area contributed by atoms with Crippen molar-refractivity contribution in [1.29, 1.82) is 0 Å². The van der Waals surface area contributed by atoms with Crippen LogP contribution in [0, 0.1) is 6.92 Å². The maximum atomic E-state index is 6.09. The van der Waals surface area contributed by atoms with Crippen molar-refractivity contribution in [3.63, 3.8) is 0 Å². The zero-order chi connectivity index (χ0) is 14.8. The summed E-state index contributed by atoms with van der Waals surface area (Å²) in [5.41, 5.74) is 10.3. The van der Waals surface area contributed by atoms with Crippen molar-refractivity contribution in [1.82, 2.24) is 4.90 Å². The highest BCUT2D eigenvalue weighted by Gasteiger charge is 2.31. The Labute approximate surface area is 129 Å². The molecule has 116 valence electrons. The van der Waals surface area contributed by atoms with E-state index in [4.69, 9.17) is 5.73 Å². The number of aryl methyl sites for hydroxylation is 1. The Morgan fingerprint density at radius 2 is 1.90 bits per heavy atom. The summed E-state index contributed by atoms with van der Waals surface area (Å²) in [6, 6.07) is 8.12. The Balaban J connectivity index is 1.62. The summed E-state index contributed by atoms with van der Waals surface area (Å²) >= 11 is 0. The van der Waals surface area contributed by atoms with E-state index in [-0.39, 0.29) is 6.04 Å². The van der Waals surface area contributed by atoms with Crippen LogP contribution in [0.15, 0.2) is 18.2 Å². The van der Waals surface area contributed by atoms with Gasteiger partial charge in [-0.3, -0.25) is 4.90 Å². The summed E-state index contributed by atoms with van der Waals surface area (Å²) in [7, 11) is 0. The maximum Gasteiger partial charge on any atom is 0.0369 e. The zero-order valence-corrected chi connectivity index (χ0v) is 13.5. The molecule has 2 N–H and O–H groups in total. The number of anilines is 1. The smallest absolute Gasteiger partial charge is 0.0369 e. The number of nitrogens with zero attached hydrogens (tertiary/aromatic N) is 2. The Morgan fingerprint density at radius 3 is 2.48 bits per heavy atom. The van der Waals surface area contributed by atoms with Gasteiger partial charge in [-0.05, 0) is 55.9 Å². The highest BCUT2D eigenvalue weighted by atomic mass is 15.3. The molecule has 2 fully saturated rings. The van der Waals surface area contributed by atoms with Gasteiger partial charge in [-0.1, -0.05) is 13.0 Å². The van der Waals surface area contributed by atoms with E-state index in [0.717, 1.165) is 18.9 Å². The molecule has 1 aromatic carbocycles. The topological polar surface area (TPSA) is 32.5 Å². The molecule has 3 rings (SSSR count). The zero-order valence-electron chi connectivity index (χ0n) is 13.5. The lowest BCUT2D eigenvalue weighted by molar-refractivity contribution is 0.248. The van der Waals surface area contributed by atoms with Gasteiger partial charge in [0.1, 0.15) is 0 Å². The van der Waals surface area contributed by atoms with Crippen LogP contribution < -0.4 is 10.6 Å². The third-order valence-electron chi connectivity index (χ3n) is 5.08. The van der Waals surface area contributed by atoms with Crippen LogP contribution in [0.1, 0.15) is 37.3 Å². The predicted octanol–water partition coefficient (Wildman–Crippen LogP) is 2.56. The molecule has 2 aliphatic rings. The third-order valence-corrected chi connectivity index (χ3v) is 5.08. The van der Waals surface area contributed by atoms with Gasteiger partial charge in [0.15, 0.2) is 0 Å². The van der Waals surface area contributed by atoms with Crippen LogP contribution >= 0.6 is 0 Å². The van der Waals surface area contributed by atoms with Crippen LogP contribution in [0.3, 0.4) is 0 Å². The molecule has 1 aliphatic heterocycles. The summed E-state index contributed by atoms with van der Waals surface area (Å²) in [6.45, 7) is 9.18. The molecule has 1 aliphatic carbocycles. The lowest BCUT2D eigenvalue weighted by Gasteiger charge is -2.36. The second-order valence-electron chi connectivity index (χ2n) is 6.74. The van der Waals surface area contributed by atoms with Crippen LogP contribution in [0.4, 0.5) is 5.69 Å². The quantitative estimate of drug-likeness (QED) is 0.903. The summed E-state index contributed by atoms with van der Waals surface area (Å²) in [5.74, 6) is 0. The minimum Gasteiger partial charge on any atom is -0.369 e. The van der Waals surface area contributed by atoms with Crippen molar-refractivity contribution in [2.45, 2.75) is 51.6 Å². The van der Waals surface area contributed by atoms with Gasteiger partial charge in [-0.2, -0.15) is 0 Å². The molecule has 1 atom stereocenters.